The molecule has 0 bridgehead atoms. The van der Waals surface area contributed by atoms with E-state index in [2.05, 4.69) is 53.8 Å². The molecule has 0 radical (unpaired) electrons. The predicted molar refractivity (Wildman–Crippen MR) is 89.9 cm³/mol. The van der Waals surface area contributed by atoms with Crippen LogP contribution < -0.4 is 5.32 Å². The second-order valence-corrected chi connectivity index (χ2v) is 5.78. The molecule has 3 rings (SSSR count). The minimum Gasteiger partial charge on any atom is -0.361 e. The first-order valence-corrected chi connectivity index (χ1v) is 7.65. The van der Waals surface area contributed by atoms with Gasteiger partial charge >= 0.3 is 0 Å². The van der Waals surface area contributed by atoms with E-state index in [-0.39, 0.29) is 0 Å². The average Bonchev–Trinajstić information content (AvgIpc) is 2.91. The van der Waals surface area contributed by atoms with E-state index in [0.717, 1.165) is 18.0 Å². The molecule has 0 amide bonds. The number of halogens is 1. The molecule has 2 nitrogen and oxygen atoms in total. The highest BCUT2D eigenvalue weighted by atomic mass is 35.5. The van der Waals surface area contributed by atoms with Crippen molar-refractivity contribution < 1.29 is 0 Å². The molecule has 0 aliphatic carbocycles. The molecule has 1 atom stereocenters. The molecular weight excluding hydrogens is 280 g/mol. The van der Waals surface area contributed by atoms with E-state index in [1.807, 2.05) is 18.2 Å². The van der Waals surface area contributed by atoms with Crippen molar-refractivity contribution in [3.8, 4) is 0 Å². The highest BCUT2D eigenvalue weighted by Crippen LogP contribution is 2.19. The number of nitrogens with one attached hydrogen (secondary N) is 2. The molecule has 0 aliphatic heterocycles. The number of para-hydroxylation sites is 1. The summed E-state index contributed by atoms with van der Waals surface area (Å²) in [4.78, 5) is 3.32. The van der Waals surface area contributed by atoms with Crippen molar-refractivity contribution in [3.63, 3.8) is 0 Å². The molecule has 1 unspecified atom stereocenters. The van der Waals surface area contributed by atoms with Crippen molar-refractivity contribution in [2.45, 2.75) is 19.4 Å². The van der Waals surface area contributed by atoms with Crippen LogP contribution in [0.4, 0.5) is 0 Å². The Kier molecular flexibility index (Phi) is 4.28. The first-order valence-electron chi connectivity index (χ1n) is 7.28. The lowest BCUT2D eigenvalue weighted by Gasteiger charge is -2.14. The fraction of sp³-hybridized carbons (Fsp3) is 0.222. The van der Waals surface area contributed by atoms with E-state index >= 15 is 0 Å². The van der Waals surface area contributed by atoms with Crippen molar-refractivity contribution in [1.29, 1.82) is 0 Å². The third-order valence-corrected chi connectivity index (χ3v) is 4.10. The Bertz CT molecular complexity index is 733. The van der Waals surface area contributed by atoms with Gasteiger partial charge in [0, 0.05) is 28.2 Å². The van der Waals surface area contributed by atoms with E-state index in [4.69, 9.17) is 11.6 Å². The number of H-pyrrole nitrogens is 1. The molecule has 108 valence electrons. The van der Waals surface area contributed by atoms with Gasteiger partial charge in [-0.05, 0) is 49.2 Å². The first-order chi connectivity index (χ1) is 10.2. The van der Waals surface area contributed by atoms with E-state index < -0.39 is 0 Å². The zero-order valence-corrected chi connectivity index (χ0v) is 12.8. The number of rotatable bonds is 5. The summed E-state index contributed by atoms with van der Waals surface area (Å²) in [6.07, 6.45) is 3.12. The van der Waals surface area contributed by atoms with Crippen LogP contribution in [0, 0.1) is 0 Å². The van der Waals surface area contributed by atoms with Gasteiger partial charge in [-0.25, -0.2) is 0 Å². The van der Waals surface area contributed by atoms with Gasteiger partial charge in [0.15, 0.2) is 0 Å². The normalized spacial score (nSPS) is 12.7. The van der Waals surface area contributed by atoms with Crippen LogP contribution in [0.25, 0.3) is 10.9 Å². The van der Waals surface area contributed by atoms with Gasteiger partial charge in [0.2, 0.25) is 0 Å². The summed E-state index contributed by atoms with van der Waals surface area (Å²) < 4.78 is 0. The number of aromatic amines is 1. The summed E-state index contributed by atoms with van der Waals surface area (Å²) in [6, 6.07) is 16.7. The average molecular weight is 299 g/mol. The SMILES string of the molecule is CC(NCCc1c[nH]c2ccccc12)c1cccc(Cl)c1. The fourth-order valence-electron chi connectivity index (χ4n) is 2.66. The molecule has 1 aromatic heterocycles. The number of hydrogen-bond acceptors (Lipinski definition) is 1. The maximum absolute atomic E-state index is 6.04. The van der Waals surface area contributed by atoms with Crippen molar-refractivity contribution in [2.24, 2.45) is 0 Å². The monoisotopic (exact) mass is 298 g/mol. The number of hydrogen-bond donors (Lipinski definition) is 2. The van der Waals surface area contributed by atoms with Crippen LogP contribution in [0.5, 0.6) is 0 Å². The molecule has 0 aliphatic rings. The second-order valence-electron chi connectivity index (χ2n) is 5.34. The van der Waals surface area contributed by atoms with Gasteiger partial charge in [0.05, 0.1) is 0 Å². The van der Waals surface area contributed by atoms with E-state index in [9.17, 15) is 0 Å². The van der Waals surface area contributed by atoms with Gasteiger partial charge in [-0.1, -0.05) is 41.9 Å². The van der Waals surface area contributed by atoms with E-state index in [1.54, 1.807) is 0 Å². The van der Waals surface area contributed by atoms with Gasteiger partial charge < -0.3 is 10.3 Å². The molecule has 1 heterocycles. The number of aromatic nitrogens is 1. The summed E-state index contributed by atoms with van der Waals surface area (Å²) in [5.74, 6) is 0. The Morgan fingerprint density at radius 3 is 2.86 bits per heavy atom. The Morgan fingerprint density at radius 2 is 2.00 bits per heavy atom. The first kappa shape index (κ1) is 14.2. The number of fused-ring (bicyclic) bond motifs is 1. The highest BCUT2D eigenvalue weighted by Gasteiger charge is 2.06. The molecule has 3 heteroatoms. The molecule has 0 spiro atoms. The lowest BCUT2D eigenvalue weighted by atomic mass is 10.1. The van der Waals surface area contributed by atoms with Crippen LogP contribution in [-0.4, -0.2) is 11.5 Å². The molecule has 0 fully saturated rings. The highest BCUT2D eigenvalue weighted by molar-refractivity contribution is 6.30. The Labute approximate surface area is 130 Å². The zero-order chi connectivity index (χ0) is 14.7. The van der Waals surface area contributed by atoms with Crippen molar-refractivity contribution in [1.82, 2.24) is 10.3 Å². The third kappa shape index (κ3) is 3.29. The van der Waals surface area contributed by atoms with Crippen LogP contribution in [0.1, 0.15) is 24.1 Å². The summed E-state index contributed by atoms with van der Waals surface area (Å²) in [5, 5.41) is 5.66. The second kappa shape index (κ2) is 6.33. The molecule has 2 aromatic carbocycles. The largest absolute Gasteiger partial charge is 0.361 e. The van der Waals surface area contributed by atoms with E-state index in [1.165, 1.54) is 22.0 Å². The number of benzene rings is 2. The van der Waals surface area contributed by atoms with Crippen molar-refractivity contribution >= 4 is 22.5 Å². The van der Waals surface area contributed by atoms with Crippen LogP contribution in [0.3, 0.4) is 0 Å². The molecule has 0 saturated heterocycles. The summed E-state index contributed by atoms with van der Waals surface area (Å²) in [7, 11) is 0. The summed E-state index contributed by atoms with van der Waals surface area (Å²) in [5.41, 5.74) is 3.79. The standard InChI is InChI=1S/C18H19ClN2/c1-13(14-5-4-6-16(19)11-14)20-10-9-15-12-21-18-8-3-2-7-17(15)18/h2-8,11-13,20-21H,9-10H2,1H3. The zero-order valence-electron chi connectivity index (χ0n) is 12.1. The lowest BCUT2D eigenvalue weighted by Crippen LogP contribution is -2.21. The maximum Gasteiger partial charge on any atom is 0.0456 e. The van der Waals surface area contributed by atoms with Gasteiger partial charge in [-0.15, -0.1) is 0 Å². The quantitative estimate of drug-likeness (QED) is 0.701. The minimum atomic E-state index is 0.300. The maximum atomic E-state index is 6.04. The molecule has 0 saturated carbocycles. The third-order valence-electron chi connectivity index (χ3n) is 3.87. The van der Waals surface area contributed by atoms with E-state index in [0.29, 0.717) is 6.04 Å². The molecular formula is C18H19ClN2. The molecule has 2 N–H and O–H groups in total. The Balaban J connectivity index is 1.61. The Morgan fingerprint density at radius 1 is 1.14 bits per heavy atom. The van der Waals surface area contributed by atoms with Crippen LogP contribution >= 0.6 is 11.6 Å². The van der Waals surface area contributed by atoms with Gasteiger partial charge in [-0.2, -0.15) is 0 Å². The lowest BCUT2D eigenvalue weighted by molar-refractivity contribution is 0.577. The van der Waals surface area contributed by atoms with Crippen LogP contribution in [0.15, 0.2) is 54.7 Å². The van der Waals surface area contributed by atoms with Crippen LogP contribution in [-0.2, 0) is 6.42 Å². The summed E-state index contributed by atoms with van der Waals surface area (Å²) >= 11 is 6.04. The van der Waals surface area contributed by atoms with Crippen molar-refractivity contribution in [2.75, 3.05) is 6.54 Å². The van der Waals surface area contributed by atoms with Crippen molar-refractivity contribution in [3.05, 3.63) is 70.9 Å². The molecule has 3 aromatic rings. The predicted octanol–water partition coefficient (Wildman–Crippen LogP) is 4.71. The van der Waals surface area contributed by atoms with Gasteiger partial charge in [0.1, 0.15) is 0 Å². The fourth-order valence-corrected chi connectivity index (χ4v) is 2.85. The van der Waals surface area contributed by atoms with Gasteiger partial charge in [0.25, 0.3) is 0 Å². The topological polar surface area (TPSA) is 27.8 Å². The molecule has 21 heavy (non-hydrogen) atoms. The Hall–Kier alpha value is -1.77. The minimum absolute atomic E-state index is 0.300. The summed E-state index contributed by atoms with van der Waals surface area (Å²) in [6.45, 7) is 3.11. The smallest absolute Gasteiger partial charge is 0.0456 e. The van der Waals surface area contributed by atoms with Gasteiger partial charge in [-0.3, -0.25) is 0 Å². The van der Waals surface area contributed by atoms with Crippen LogP contribution in [0.2, 0.25) is 5.02 Å².